The summed E-state index contributed by atoms with van der Waals surface area (Å²) >= 11 is 0. The van der Waals surface area contributed by atoms with Gasteiger partial charge in [0.25, 0.3) is 0 Å². The van der Waals surface area contributed by atoms with E-state index < -0.39 is 12.1 Å². The van der Waals surface area contributed by atoms with Crippen LogP contribution in [0.25, 0.3) is 0 Å². The lowest BCUT2D eigenvalue weighted by Gasteiger charge is -2.19. The smallest absolute Gasteiger partial charge is 0.220 e. The van der Waals surface area contributed by atoms with Crippen molar-refractivity contribution in [1.29, 1.82) is 0 Å². The summed E-state index contributed by atoms with van der Waals surface area (Å²) in [6.45, 7) is 4.12. The maximum Gasteiger partial charge on any atom is 0.220 e. The standard InChI is InChI=1S/C45H75NO3/c1-3-5-7-9-11-13-15-16-17-18-19-20-21-22-23-24-25-26-27-28-29-30-31-33-35-37-39-41-45(49)46-43(42-47)44(48)40-38-36-34-32-14-12-10-8-6-4-2/h5,7,11,13-14,16-17,19-20,22-23,25-26,32,38,40,43-44,47-48H,3-4,6,8-10,12,15,18,21,24,27-31,33-37,39,41-42H2,1-2H3,(H,46,49)/b7-5-,13-11-,17-16-,20-19-,23-22-,26-25-,32-14+,40-38+. The van der Waals surface area contributed by atoms with E-state index in [1.807, 2.05) is 6.08 Å². The predicted molar refractivity (Wildman–Crippen MR) is 216 cm³/mol. The van der Waals surface area contributed by atoms with Crippen LogP contribution in [-0.4, -0.2) is 34.9 Å². The summed E-state index contributed by atoms with van der Waals surface area (Å²) < 4.78 is 0. The van der Waals surface area contributed by atoms with E-state index in [1.54, 1.807) is 6.08 Å². The molecule has 0 aliphatic rings. The molecule has 0 fully saturated rings. The monoisotopic (exact) mass is 678 g/mol. The maximum atomic E-state index is 12.3. The van der Waals surface area contributed by atoms with Gasteiger partial charge < -0.3 is 15.5 Å². The van der Waals surface area contributed by atoms with Crippen LogP contribution in [0.5, 0.6) is 0 Å². The van der Waals surface area contributed by atoms with E-state index in [0.717, 1.165) is 83.5 Å². The lowest BCUT2D eigenvalue weighted by atomic mass is 10.1. The van der Waals surface area contributed by atoms with E-state index >= 15 is 0 Å². The second kappa shape index (κ2) is 39.7. The van der Waals surface area contributed by atoms with E-state index in [4.69, 9.17) is 0 Å². The van der Waals surface area contributed by atoms with E-state index in [-0.39, 0.29) is 12.5 Å². The topological polar surface area (TPSA) is 69.6 Å². The Balaban J connectivity index is 3.66. The highest BCUT2D eigenvalue weighted by atomic mass is 16.3. The minimum atomic E-state index is -0.869. The van der Waals surface area contributed by atoms with Gasteiger partial charge in [0.1, 0.15) is 0 Å². The number of nitrogens with one attached hydrogen (secondary N) is 1. The molecule has 0 saturated heterocycles. The Morgan fingerprint density at radius 1 is 0.510 bits per heavy atom. The summed E-state index contributed by atoms with van der Waals surface area (Å²) in [5, 5.41) is 22.8. The van der Waals surface area contributed by atoms with Crippen LogP contribution >= 0.6 is 0 Å². The molecule has 0 bridgehead atoms. The third-order valence-corrected chi connectivity index (χ3v) is 8.30. The van der Waals surface area contributed by atoms with Gasteiger partial charge >= 0.3 is 0 Å². The van der Waals surface area contributed by atoms with Crippen molar-refractivity contribution < 1.29 is 15.0 Å². The Morgan fingerprint density at radius 3 is 1.43 bits per heavy atom. The van der Waals surface area contributed by atoms with Crippen molar-refractivity contribution in [2.24, 2.45) is 0 Å². The first-order valence-electron chi connectivity index (χ1n) is 20.0. The Labute approximate surface area is 303 Å². The fraction of sp³-hybridized carbons (Fsp3) is 0.622. The molecule has 3 N–H and O–H groups in total. The first-order valence-corrected chi connectivity index (χ1v) is 20.0. The first-order chi connectivity index (χ1) is 24.2. The molecule has 0 heterocycles. The number of hydrogen-bond acceptors (Lipinski definition) is 3. The average Bonchev–Trinajstić information content (AvgIpc) is 3.10. The van der Waals surface area contributed by atoms with Gasteiger partial charge in [0.2, 0.25) is 5.91 Å². The molecular weight excluding hydrogens is 602 g/mol. The van der Waals surface area contributed by atoms with E-state index in [9.17, 15) is 15.0 Å². The lowest BCUT2D eigenvalue weighted by molar-refractivity contribution is -0.123. The molecule has 4 nitrogen and oxygen atoms in total. The van der Waals surface area contributed by atoms with Crippen LogP contribution in [0.1, 0.15) is 162 Å². The number of allylic oxidation sites excluding steroid dienone is 15. The highest BCUT2D eigenvalue weighted by molar-refractivity contribution is 5.76. The molecule has 2 atom stereocenters. The fourth-order valence-corrected chi connectivity index (χ4v) is 5.25. The van der Waals surface area contributed by atoms with Gasteiger partial charge in [-0.05, 0) is 83.5 Å². The Hall–Kier alpha value is -2.69. The number of amides is 1. The Bertz CT molecular complexity index is 952. The number of hydrogen-bond donors (Lipinski definition) is 3. The molecule has 0 spiro atoms. The molecule has 4 heteroatoms. The number of unbranched alkanes of at least 4 members (excludes halogenated alkanes) is 13. The number of aliphatic hydroxyl groups excluding tert-OH is 2. The molecule has 0 aromatic carbocycles. The molecule has 0 aliphatic heterocycles. The highest BCUT2D eigenvalue weighted by Crippen LogP contribution is 2.11. The second-order valence-electron chi connectivity index (χ2n) is 13.0. The Morgan fingerprint density at radius 2 is 0.918 bits per heavy atom. The van der Waals surface area contributed by atoms with Gasteiger partial charge in [-0.1, -0.05) is 169 Å². The van der Waals surface area contributed by atoms with Gasteiger partial charge in [0.05, 0.1) is 18.8 Å². The molecule has 0 aromatic heterocycles. The molecule has 1 amide bonds. The van der Waals surface area contributed by atoms with Crippen molar-refractivity contribution in [1.82, 2.24) is 5.32 Å². The SMILES string of the molecule is CC/C=C\C/C=C\C/C=C\C/C=C\C/C=C\C/C=C\CCCCCCCCCCC(=O)NC(CO)C(O)/C=C/CC/C=C/CCCCCC. The first kappa shape index (κ1) is 46.3. The summed E-state index contributed by atoms with van der Waals surface area (Å²) in [6.07, 6.45) is 59.3. The van der Waals surface area contributed by atoms with Crippen LogP contribution in [0.2, 0.25) is 0 Å². The van der Waals surface area contributed by atoms with E-state index in [0.29, 0.717) is 6.42 Å². The van der Waals surface area contributed by atoms with Crippen molar-refractivity contribution in [3.8, 4) is 0 Å². The van der Waals surface area contributed by atoms with Crippen molar-refractivity contribution in [2.75, 3.05) is 6.61 Å². The average molecular weight is 678 g/mol. The molecule has 2 unspecified atom stereocenters. The van der Waals surface area contributed by atoms with E-state index in [2.05, 4.69) is 104 Å². The van der Waals surface area contributed by atoms with E-state index in [1.165, 1.54) is 57.8 Å². The zero-order chi connectivity index (χ0) is 35.7. The third-order valence-electron chi connectivity index (χ3n) is 8.30. The number of carbonyl (C=O) groups is 1. The van der Waals surface area contributed by atoms with Crippen molar-refractivity contribution in [2.45, 2.75) is 174 Å². The zero-order valence-corrected chi connectivity index (χ0v) is 31.7. The third kappa shape index (κ3) is 36.4. The normalized spacial score (nSPS) is 14.1. The quantitative estimate of drug-likeness (QED) is 0.0469. The minimum absolute atomic E-state index is 0.0908. The fourth-order valence-electron chi connectivity index (χ4n) is 5.25. The Kier molecular flexibility index (Phi) is 37.6. The summed E-state index contributed by atoms with van der Waals surface area (Å²) in [5.74, 6) is -0.0908. The van der Waals surface area contributed by atoms with Gasteiger partial charge in [0.15, 0.2) is 0 Å². The van der Waals surface area contributed by atoms with Crippen LogP contribution in [0.15, 0.2) is 97.2 Å². The summed E-state index contributed by atoms with van der Waals surface area (Å²) in [7, 11) is 0. The van der Waals surface area contributed by atoms with Gasteiger partial charge in [-0.25, -0.2) is 0 Å². The lowest BCUT2D eigenvalue weighted by Crippen LogP contribution is -2.45. The van der Waals surface area contributed by atoms with Gasteiger partial charge in [-0.3, -0.25) is 4.79 Å². The van der Waals surface area contributed by atoms with Crippen LogP contribution in [0, 0.1) is 0 Å². The summed E-state index contributed by atoms with van der Waals surface area (Å²) in [4.78, 5) is 12.3. The molecule has 278 valence electrons. The molecule has 49 heavy (non-hydrogen) atoms. The number of aliphatic hydroxyl groups is 2. The van der Waals surface area contributed by atoms with Crippen LogP contribution < -0.4 is 5.32 Å². The summed E-state index contributed by atoms with van der Waals surface area (Å²) in [5.41, 5.74) is 0. The zero-order valence-electron chi connectivity index (χ0n) is 31.7. The van der Waals surface area contributed by atoms with Gasteiger partial charge in [-0.2, -0.15) is 0 Å². The van der Waals surface area contributed by atoms with Crippen molar-refractivity contribution in [3.05, 3.63) is 97.2 Å². The summed E-state index contributed by atoms with van der Waals surface area (Å²) in [6, 6.07) is -0.647. The van der Waals surface area contributed by atoms with Crippen molar-refractivity contribution >= 4 is 5.91 Å². The molecule has 0 rings (SSSR count). The second-order valence-corrected chi connectivity index (χ2v) is 13.0. The minimum Gasteiger partial charge on any atom is -0.394 e. The van der Waals surface area contributed by atoms with Gasteiger partial charge in [-0.15, -0.1) is 0 Å². The van der Waals surface area contributed by atoms with Crippen molar-refractivity contribution in [3.63, 3.8) is 0 Å². The maximum absolute atomic E-state index is 12.3. The molecule has 0 radical (unpaired) electrons. The van der Waals surface area contributed by atoms with Gasteiger partial charge in [0, 0.05) is 6.42 Å². The molecule has 0 saturated carbocycles. The highest BCUT2D eigenvalue weighted by Gasteiger charge is 2.17. The number of rotatable bonds is 34. The molecular formula is C45H75NO3. The van der Waals surface area contributed by atoms with Crippen LogP contribution in [-0.2, 0) is 4.79 Å². The largest absolute Gasteiger partial charge is 0.394 e. The molecule has 0 aromatic rings. The molecule has 0 aliphatic carbocycles. The van der Waals surface area contributed by atoms with Crippen LogP contribution in [0.3, 0.4) is 0 Å². The number of carbonyl (C=O) groups excluding carboxylic acids is 1. The van der Waals surface area contributed by atoms with Crippen LogP contribution in [0.4, 0.5) is 0 Å². The predicted octanol–water partition coefficient (Wildman–Crippen LogP) is 12.3.